The largest absolute Gasteiger partial charge is 0.392 e. The van der Waals surface area contributed by atoms with Crippen molar-refractivity contribution in [1.29, 1.82) is 0 Å². The highest BCUT2D eigenvalue weighted by molar-refractivity contribution is 6.31. The number of aromatic nitrogens is 2. The molecule has 0 amide bonds. The lowest BCUT2D eigenvalue weighted by molar-refractivity contribution is 0.282. The van der Waals surface area contributed by atoms with Crippen molar-refractivity contribution in [1.82, 2.24) is 9.13 Å². The third-order valence-electron chi connectivity index (χ3n) is 5.98. The molecule has 1 aromatic heterocycles. The number of hydrogen-bond donors (Lipinski definition) is 2. The Kier molecular flexibility index (Phi) is 6.48. The fourth-order valence-electron chi connectivity index (χ4n) is 4.12. The second-order valence-electron chi connectivity index (χ2n) is 9.42. The van der Waals surface area contributed by atoms with Crippen LogP contribution in [0.1, 0.15) is 43.0 Å². The van der Waals surface area contributed by atoms with Gasteiger partial charge in [-0.25, -0.2) is 4.99 Å². The lowest BCUT2D eigenvalue weighted by atomic mass is 9.87. The average Bonchev–Trinajstić information content (AvgIpc) is 3.04. The quantitative estimate of drug-likeness (QED) is 0.427. The van der Waals surface area contributed by atoms with Crippen LogP contribution in [0.25, 0.3) is 11.0 Å². The summed E-state index contributed by atoms with van der Waals surface area (Å²) in [7, 11) is 1.96. The predicted molar refractivity (Wildman–Crippen MR) is 134 cm³/mol. The Morgan fingerprint density at radius 2 is 1.52 bits per heavy atom. The van der Waals surface area contributed by atoms with E-state index in [2.05, 4.69) is 37.5 Å². The van der Waals surface area contributed by atoms with Gasteiger partial charge in [-0.05, 0) is 46.4 Å². The number of imidazole rings is 1. The Balaban J connectivity index is 1.92. The molecule has 0 aliphatic carbocycles. The lowest BCUT2D eigenvalue weighted by Crippen LogP contribution is -2.24. The second-order valence-corrected chi connectivity index (χ2v) is 9.86. The molecule has 2 N–H and O–H groups in total. The molecule has 5 nitrogen and oxygen atoms in total. The maximum atomic E-state index is 9.99. The van der Waals surface area contributed by atoms with Crippen LogP contribution in [0.2, 0.25) is 5.02 Å². The molecular weight excluding hydrogens is 434 g/mol. The van der Waals surface area contributed by atoms with E-state index in [0.717, 1.165) is 39.0 Å². The van der Waals surface area contributed by atoms with E-state index in [9.17, 15) is 10.2 Å². The summed E-state index contributed by atoms with van der Waals surface area (Å²) in [6.07, 6.45) is 0. The van der Waals surface area contributed by atoms with Gasteiger partial charge in [-0.1, -0.05) is 68.8 Å². The number of fused-ring (bicyclic) bond motifs is 1. The molecule has 6 heteroatoms. The lowest BCUT2D eigenvalue weighted by Gasteiger charge is -2.18. The zero-order chi connectivity index (χ0) is 23.8. The molecule has 0 unspecified atom stereocenters. The van der Waals surface area contributed by atoms with Crippen LogP contribution < -0.4 is 5.62 Å². The Morgan fingerprint density at radius 3 is 2.09 bits per heavy atom. The summed E-state index contributed by atoms with van der Waals surface area (Å²) < 4.78 is 4.13. The second kappa shape index (κ2) is 9.18. The summed E-state index contributed by atoms with van der Waals surface area (Å²) >= 11 is 6.41. The van der Waals surface area contributed by atoms with E-state index in [0.29, 0.717) is 11.6 Å². The van der Waals surface area contributed by atoms with Gasteiger partial charge >= 0.3 is 0 Å². The molecule has 172 valence electrons. The van der Waals surface area contributed by atoms with E-state index in [1.165, 1.54) is 5.56 Å². The van der Waals surface area contributed by atoms with Crippen molar-refractivity contribution in [3.63, 3.8) is 0 Å². The molecule has 4 rings (SSSR count). The highest BCUT2D eigenvalue weighted by Crippen LogP contribution is 2.26. The van der Waals surface area contributed by atoms with Gasteiger partial charge in [0.2, 0.25) is 5.62 Å². The fraction of sp³-hybridized carbons (Fsp3) is 0.296. The first-order valence-corrected chi connectivity index (χ1v) is 11.4. The minimum Gasteiger partial charge on any atom is -0.392 e. The minimum absolute atomic E-state index is 0.0162. The summed E-state index contributed by atoms with van der Waals surface area (Å²) in [5.41, 5.74) is 7.46. The highest BCUT2D eigenvalue weighted by Gasteiger charge is 2.16. The van der Waals surface area contributed by atoms with Gasteiger partial charge in [0, 0.05) is 17.6 Å². The van der Waals surface area contributed by atoms with Gasteiger partial charge in [-0.3, -0.25) is 0 Å². The van der Waals surface area contributed by atoms with Crippen molar-refractivity contribution in [2.24, 2.45) is 12.0 Å². The standard InChI is InChI=1S/C27H30ClN3O2/c1-27(2,3)21-9-11-23(12-10-21)29-26-30(4)25-20(17-33)13-22(28)14-24(25)31(26)15-18-5-7-19(16-32)8-6-18/h5-14,32-33H,15-17H2,1-4H3/b29-26-. The number of halogens is 1. The van der Waals surface area contributed by atoms with Crippen LogP contribution in [0.4, 0.5) is 5.69 Å². The van der Waals surface area contributed by atoms with Crippen LogP contribution in [0.3, 0.4) is 0 Å². The van der Waals surface area contributed by atoms with Crippen molar-refractivity contribution < 1.29 is 10.2 Å². The highest BCUT2D eigenvalue weighted by atomic mass is 35.5. The molecular formula is C27H30ClN3O2. The molecule has 4 aromatic rings. The SMILES string of the molecule is Cn1/c(=N/c2ccc(C(C)(C)C)cc2)n(Cc2ccc(CO)cc2)c2cc(Cl)cc(CO)c21. The average molecular weight is 464 g/mol. The summed E-state index contributed by atoms with van der Waals surface area (Å²) in [4.78, 5) is 5.00. The molecule has 0 spiro atoms. The molecule has 0 saturated carbocycles. The third kappa shape index (κ3) is 4.76. The topological polar surface area (TPSA) is 62.7 Å². The van der Waals surface area contributed by atoms with Gasteiger partial charge in [0.05, 0.1) is 36.5 Å². The number of aliphatic hydroxyl groups excluding tert-OH is 2. The molecule has 0 fully saturated rings. The van der Waals surface area contributed by atoms with Crippen LogP contribution in [0.5, 0.6) is 0 Å². The molecule has 0 bridgehead atoms. The maximum absolute atomic E-state index is 9.99. The van der Waals surface area contributed by atoms with Gasteiger partial charge in [0.15, 0.2) is 0 Å². The van der Waals surface area contributed by atoms with Crippen LogP contribution in [0.15, 0.2) is 65.7 Å². The van der Waals surface area contributed by atoms with Crippen molar-refractivity contribution in [3.05, 3.63) is 93.6 Å². The van der Waals surface area contributed by atoms with Gasteiger partial charge in [0.25, 0.3) is 0 Å². The van der Waals surface area contributed by atoms with E-state index in [1.807, 2.05) is 54.1 Å². The molecule has 0 aliphatic rings. The number of hydrogen-bond acceptors (Lipinski definition) is 3. The molecule has 0 atom stereocenters. The molecule has 33 heavy (non-hydrogen) atoms. The van der Waals surface area contributed by atoms with Crippen molar-refractivity contribution in [2.75, 3.05) is 0 Å². The van der Waals surface area contributed by atoms with Crippen molar-refractivity contribution >= 4 is 28.3 Å². The summed E-state index contributed by atoms with van der Waals surface area (Å²) in [5.74, 6) is 0. The first-order chi connectivity index (χ1) is 15.7. The molecule has 1 heterocycles. The number of rotatable bonds is 5. The molecule has 3 aromatic carbocycles. The van der Waals surface area contributed by atoms with E-state index >= 15 is 0 Å². The van der Waals surface area contributed by atoms with Gasteiger partial charge in [-0.2, -0.15) is 0 Å². The van der Waals surface area contributed by atoms with Crippen molar-refractivity contribution in [2.45, 2.75) is 45.9 Å². The smallest absolute Gasteiger partial charge is 0.211 e. The third-order valence-corrected chi connectivity index (χ3v) is 6.20. The maximum Gasteiger partial charge on any atom is 0.211 e. The summed E-state index contributed by atoms with van der Waals surface area (Å²) in [5, 5.41) is 19.9. The van der Waals surface area contributed by atoms with Gasteiger partial charge in [-0.15, -0.1) is 0 Å². The normalized spacial score (nSPS) is 12.6. The van der Waals surface area contributed by atoms with Crippen molar-refractivity contribution in [3.8, 4) is 0 Å². The molecule has 0 saturated heterocycles. The van der Waals surface area contributed by atoms with E-state index in [-0.39, 0.29) is 18.6 Å². The van der Waals surface area contributed by atoms with E-state index in [1.54, 1.807) is 6.07 Å². The predicted octanol–water partition coefficient (Wildman–Crippen LogP) is 5.20. The zero-order valence-electron chi connectivity index (χ0n) is 19.5. The zero-order valence-corrected chi connectivity index (χ0v) is 20.3. The van der Waals surface area contributed by atoms with Crippen LogP contribution >= 0.6 is 11.6 Å². The molecule has 0 radical (unpaired) electrons. The monoisotopic (exact) mass is 463 g/mol. The fourth-order valence-corrected chi connectivity index (χ4v) is 4.35. The minimum atomic E-state index is -0.111. The van der Waals surface area contributed by atoms with Crippen LogP contribution in [-0.4, -0.2) is 19.3 Å². The molecule has 0 aliphatic heterocycles. The van der Waals surface area contributed by atoms with E-state index < -0.39 is 0 Å². The first-order valence-electron chi connectivity index (χ1n) is 11.0. The van der Waals surface area contributed by atoms with Crippen LogP contribution in [-0.2, 0) is 32.2 Å². The van der Waals surface area contributed by atoms with Gasteiger partial charge in [0.1, 0.15) is 0 Å². The number of aliphatic hydroxyl groups is 2. The Labute approximate surface area is 199 Å². The summed E-state index contributed by atoms with van der Waals surface area (Å²) in [6.45, 7) is 7.06. The van der Waals surface area contributed by atoms with Gasteiger partial charge < -0.3 is 19.3 Å². The number of aryl methyl sites for hydroxylation is 1. The Bertz CT molecular complexity index is 1340. The first kappa shape index (κ1) is 23.3. The Morgan fingerprint density at radius 1 is 0.879 bits per heavy atom. The number of nitrogens with zero attached hydrogens (tertiary/aromatic N) is 3. The number of benzene rings is 3. The summed E-state index contributed by atoms with van der Waals surface area (Å²) in [6, 6.07) is 19.9. The van der Waals surface area contributed by atoms with Crippen LogP contribution in [0, 0.1) is 0 Å². The van der Waals surface area contributed by atoms with E-state index in [4.69, 9.17) is 16.6 Å². The Hall–Kier alpha value is -2.86.